The molecule has 0 radical (unpaired) electrons. The summed E-state index contributed by atoms with van der Waals surface area (Å²) < 4.78 is 0.969. The van der Waals surface area contributed by atoms with Gasteiger partial charge in [-0.05, 0) is 54.3 Å². The summed E-state index contributed by atoms with van der Waals surface area (Å²) in [6.45, 7) is 4.38. The molecule has 0 aliphatic carbocycles. The van der Waals surface area contributed by atoms with E-state index in [2.05, 4.69) is 21.2 Å². The number of carbonyl (C=O) groups is 2. The first-order valence-electron chi connectivity index (χ1n) is 12.1. The molecule has 2 amide bonds. The number of benzene rings is 3. The molecule has 0 saturated carbocycles. The molecule has 0 bridgehead atoms. The van der Waals surface area contributed by atoms with Gasteiger partial charge in [-0.1, -0.05) is 89.1 Å². The quantitative estimate of drug-likeness (QED) is 0.251. The van der Waals surface area contributed by atoms with Crippen LogP contribution in [0.2, 0.25) is 5.02 Å². The maximum Gasteiger partial charge on any atom is 0.243 e. The van der Waals surface area contributed by atoms with E-state index in [1.807, 2.05) is 92.7 Å². The second-order valence-corrected chi connectivity index (χ2v) is 11.1. The predicted octanol–water partition coefficient (Wildman–Crippen LogP) is 6.89. The third kappa shape index (κ3) is 8.99. The summed E-state index contributed by atoms with van der Waals surface area (Å²) >= 11 is 11.1. The second-order valence-electron chi connectivity index (χ2n) is 8.79. The fourth-order valence-corrected chi connectivity index (χ4v) is 5.08. The highest BCUT2D eigenvalue weighted by Crippen LogP contribution is 2.21. The maximum absolute atomic E-state index is 13.7. The fourth-order valence-electron chi connectivity index (χ4n) is 3.75. The molecular formula is C29H32BrClN2O2S. The largest absolute Gasteiger partial charge is 0.352 e. The first-order chi connectivity index (χ1) is 17.4. The summed E-state index contributed by atoms with van der Waals surface area (Å²) in [5.41, 5.74) is 3.05. The van der Waals surface area contributed by atoms with Crippen LogP contribution in [-0.2, 0) is 28.3 Å². The SMILES string of the molecule is CC[C@H](C)NC(=O)[C@H](Cc1ccccc1)N(Cc1ccc(Br)cc1)C(=O)CSCc1cccc(Cl)c1. The lowest BCUT2D eigenvalue weighted by atomic mass is 10.0. The Labute approximate surface area is 231 Å². The van der Waals surface area contributed by atoms with Crippen molar-refractivity contribution in [1.29, 1.82) is 0 Å². The van der Waals surface area contributed by atoms with Gasteiger partial charge in [0, 0.05) is 34.3 Å². The van der Waals surface area contributed by atoms with Crippen LogP contribution in [0.15, 0.2) is 83.3 Å². The minimum Gasteiger partial charge on any atom is -0.352 e. The molecular weight excluding hydrogens is 556 g/mol. The number of rotatable bonds is 12. The number of halogens is 2. The first-order valence-corrected chi connectivity index (χ1v) is 14.4. The Morgan fingerprint density at radius 3 is 2.33 bits per heavy atom. The van der Waals surface area contributed by atoms with E-state index in [-0.39, 0.29) is 23.6 Å². The van der Waals surface area contributed by atoms with Crippen LogP contribution >= 0.6 is 39.3 Å². The van der Waals surface area contributed by atoms with Crippen molar-refractivity contribution in [3.05, 3.63) is 105 Å². The van der Waals surface area contributed by atoms with Gasteiger partial charge in [-0.3, -0.25) is 9.59 Å². The van der Waals surface area contributed by atoms with Gasteiger partial charge in [-0.15, -0.1) is 11.8 Å². The highest BCUT2D eigenvalue weighted by molar-refractivity contribution is 9.10. The van der Waals surface area contributed by atoms with Gasteiger partial charge in [0.2, 0.25) is 11.8 Å². The minimum absolute atomic E-state index is 0.0256. The molecule has 4 nitrogen and oxygen atoms in total. The van der Waals surface area contributed by atoms with Crippen LogP contribution in [0.4, 0.5) is 0 Å². The molecule has 7 heteroatoms. The van der Waals surface area contributed by atoms with Crippen LogP contribution in [0, 0.1) is 0 Å². The zero-order chi connectivity index (χ0) is 25.9. The molecule has 2 atom stereocenters. The second kappa shape index (κ2) is 14.5. The van der Waals surface area contributed by atoms with Crippen LogP contribution in [0.3, 0.4) is 0 Å². The van der Waals surface area contributed by atoms with E-state index in [0.29, 0.717) is 23.7 Å². The number of carbonyl (C=O) groups excluding carboxylic acids is 2. The normalized spacial score (nSPS) is 12.6. The Morgan fingerprint density at radius 1 is 0.972 bits per heavy atom. The van der Waals surface area contributed by atoms with Gasteiger partial charge in [-0.2, -0.15) is 0 Å². The lowest BCUT2D eigenvalue weighted by Crippen LogP contribution is -2.52. The molecule has 0 spiro atoms. The monoisotopic (exact) mass is 586 g/mol. The van der Waals surface area contributed by atoms with Crippen molar-refractivity contribution in [3.63, 3.8) is 0 Å². The van der Waals surface area contributed by atoms with Crippen LogP contribution in [0.25, 0.3) is 0 Å². The zero-order valence-corrected chi connectivity index (χ0v) is 23.8. The van der Waals surface area contributed by atoms with Crippen molar-refractivity contribution >= 4 is 51.1 Å². The lowest BCUT2D eigenvalue weighted by Gasteiger charge is -2.32. The molecule has 190 valence electrons. The van der Waals surface area contributed by atoms with Crippen molar-refractivity contribution in [1.82, 2.24) is 10.2 Å². The molecule has 0 unspecified atom stereocenters. The zero-order valence-electron chi connectivity index (χ0n) is 20.6. The average Bonchev–Trinajstić information content (AvgIpc) is 2.87. The number of hydrogen-bond acceptors (Lipinski definition) is 3. The minimum atomic E-state index is -0.621. The number of thioether (sulfide) groups is 1. The third-order valence-corrected chi connectivity index (χ3v) is 7.67. The van der Waals surface area contributed by atoms with Crippen LogP contribution < -0.4 is 5.32 Å². The van der Waals surface area contributed by atoms with Crippen molar-refractivity contribution in [2.24, 2.45) is 0 Å². The molecule has 0 aliphatic rings. The van der Waals surface area contributed by atoms with Gasteiger partial charge in [0.25, 0.3) is 0 Å². The number of nitrogens with zero attached hydrogens (tertiary/aromatic N) is 1. The Bertz CT molecular complexity index is 1130. The third-order valence-electron chi connectivity index (χ3n) is 5.92. The van der Waals surface area contributed by atoms with Crippen LogP contribution in [-0.4, -0.2) is 34.6 Å². The molecule has 36 heavy (non-hydrogen) atoms. The van der Waals surface area contributed by atoms with E-state index in [9.17, 15) is 9.59 Å². The fraction of sp³-hybridized carbons (Fsp3) is 0.310. The van der Waals surface area contributed by atoms with Crippen molar-refractivity contribution in [2.75, 3.05) is 5.75 Å². The predicted molar refractivity (Wildman–Crippen MR) is 154 cm³/mol. The van der Waals surface area contributed by atoms with Crippen molar-refractivity contribution in [3.8, 4) is 0 Å². The Hall–Kier alpha value is -2.28. The summed E-state index contributed by atoms with van der Waals surface area (Å²) in [6.07, 6.45) is 1.27. The van der Waals surface area contributed by atoms with E-state index in [4.69, 9.17) is 11.6 Å². The van der Waals surface area contributed by atoms with Gasteiger partial charge >= 0.3 is 0 Å². The Kier molecular flexibility index (Phi) is 11.4. The van der Waals surface area contributed by atoms with E-state index in [1.165, 1.54) is 11.8 Å². The molecule has 1 N–H and O–H groups in total. The van der Waals surface area contributed by atoms with Gasteiger partial charge in [0.05, 0.1) is 5.75 Å². The van der Waals surface area contributed by atoms with Crippen LogP contribution in [0.5, 0.6) is 0 Å². The molecule has 0 saturated heterocycles. The Morgan fingerprint density at radius 2 is 1.67 bits per heavy atom. The molecule has 3 rings (SSSR count). The van der Waals surface area contributed by atoms with E-state index >= 15 is 0 Å². The summed E-state index contributed by atoms with van der Waals surface area (Å²) in [4.78, 5) is 28.9. The number of hydrogen-bond donors (Lipinski definition) is 1. The summed E-state index contributed by atoms with van der Waals surface area (Å²) in [7, 11) is 0. The van der Waals surface area contributed by atoms with Crippen LogP contribution in [0.1, 0.15) is 37.0 Å². The molecule has 0 aromatic heterocycles. The van der Waals surface area contributed by atoms with Gasteiger partial charge in [0.15, 0.2) is 0 Å². The van der Waals surface area contributed by atoms with Crippen molar-refractivity contribution in [2.45, 2.75) is 51.1 Å². The molecule has 0 aliphatic heterocycles. The summed E-state index contributed by atoms with van der Waals surface area (Å²) in [5.74, 6) is 0.745. The summed E-state index contributed by atoms with van der Waals surface area (Å²) in [5, 5.41) is 3.79. The molecule has 0 fully saturated rings. The standard InChI is InChI=1S/C29H32BrClN2O2S/c1-3-21(2)32-29(35)27(17-22-8-5-4-6-9-22)33(18-23-12-14-25(30)15-13-23)28(34)20-36-19-24-10-7-11-26(31)16-24/h4-16,21,27H,3,17-20H2,1-2H3,(H,32,35)/t21-,27-/m0/s1. The van der Waals surface area contributed by atoms with Gasteiger partial charge in [0.1, 0.15) is 6.04 Å². The van der Waals surface area contributed by atoms with E-state index in [1.54, 1.807) is 4.90 Å². The van der Waals surface area contributed by atoms with E-state index < -0.39 is 6.04 Å². The Balaban J connectivity index is 1.85. The summed E-state index contributed by atoms with van der Waals surface area (Å²) in [6, 6.07) is 24.8. The van der Waals surface area contributed by atoms with Gasteiger partial charge < -0.3 is 10.2 Å². The molecule has 3 aromatic rings. The first kappa shape index (κ1) is 28.3. The smallest absolute Gasteiger partial charge is 0.243 e. The highest BCUT2D eigenvalue weighted by Gasteiger charge is 2.30. The lowest BCUT2D eigenvalue weighted by molar-refractivity contribution is -0.139. The maximum atomic E-state index is 13.7. The average molecular weight is 588 g/mol. The van der Waals surface area contributed by atoms with Gasteiger partial charge in [-0.25, -0.2) is 0 Å². The number of amides is 2. The van der Waals surface area contributed by atoms with Crippen molar-refractivity contribution < 1.29 is 9.59 Å². The number of nitrogens with one attached hydrogen (secondary N) is 1. The highest BCUT2D eigenvalue weighted by atomic mass is 79.9. The molecule has 0 heterocycles. The molecule has 3 aromatic carbocycles. The topological polar surface area (TPSA) is 49.4 Å². The van der Waals surface area contributed by atoms with E-state index in [0.717, 1.165) is 27.6 Å².